The number of imidazole rings is 1. The maximum absolute atomic E-state index is 11.7. The number of hydrogen-bond donors (Lipinski definition) is 0. The first-order valence-corrected chi connectivity index (χ1v) is 6.03. The van der Waals surface area contributed by atoms with E-state index < -0.39 is 0 Å². The molecule has 2 aromatic rings. The van der Waals surface area contributed by atoms with E-state index in [9.17, 15) is 4.79 Å². The van der Waals surface area contributed by atoms with Gasteiger partial charge in [-0.15, -0.1) is 0 Å². The van der Waals surface area contributed by atoms with E-state index in [4.69, 9.17) is 4.74 Å². The SMILES string of the molecule is CCc1ccccc1OCCC(=O)n1ccnc1. The van der Waals surface area contributed by atoms with Crippen molar-refractivity contribution in [2.75, 3.05) is 6.61 Å². The van der Waals surface area contributed by atoms with Crippen molar-refractivity contribution in [3.63, 3.8) is 0 Å². The summed E-state index contributed by atoms with van der Waals surface area (Å²) in [5.74, 6) is 0.847. The Morgan fingerprint density at radius 1 is 1.39 bits per heavy atom. The summed E-state index contributed by atoms with van der Waals surface area (Å²) < 4.78 is 7.11. The second-order valence-electron chi connectivity index (χ2n) is 3.92. The fraction of sp³-hybridized carbons (Fsp3) is 0.286. The van der Waals surface area contributed by atoms with Crippen molar-refractivity contribution in [2.24, 2.45) is 0 Å². The number of ether oxygens (including phenoxy) is 1. The summed E-state index contributed by atoms with van der Waals surface area (Å²) in [5, 5.41) is 0. The number of para-hydroxylation sites is 1. The highest BCUT2D eigenvalue weighted by atomic mass is 16.5. The Morgan fingerprint density at radius 3 is 2.94 bits per heavy atom. The third-order valence-electron chi connectivity index (χ3n) is 2.72. The lowest BCUT2D eigenvalue weighted by atomic mass is 10.1. The Labute approximate surface area is 106 Å². The van der Waals surface area contributed by atoms with Crippen LogP contribution in [0.5, 0.6) is 5.75 Å². The van der Waals surface area contributed by atoms with E-state index in [0.29, 0.717) is 13.0 Å². The zero-order valence-corrected chi connectivity index (χ0v) is 10.4. The van der Waals surface area contributed by atoms with Crippen LogP contribution >= 0.6 is 0 Å². The predicted molar refractivity (Wildman–Crippen MR) is 68.8 cm³/mol. The molecule has 0 amide bonds. The van der Waals surface area contributed by atoms with Crippen LogP contribution in [0.1, 0.15) is 23.7 Å². The van der Waals surface area contributed by atoms with Gasteiger partial charge < -0.3 is 4.74 Å². The first-order chi connectivity index (χ1) is 8.81. The topological polar surface area (TPSA) is 44.1 Å². The molecule has 0 aliphatic rings. The molecule has 0 spiro atoms. The van der Waals surface area contributed by atoms with Gasteiger partial charge in [0, 0.05) is 12.4 Å². The minimum absolute atomic E-state index is 0.0125. The summed E-state index contributed by atoms with van der Waals surface area (Å²) in [7, 11) is 0. The fourth-order valence-electron chi connectivity index (χ4n) is 1.72. The molecule has 94 valence electrons. The van der Waals surface area contributed by atoms with Crippen LogP contribution < -0.4 is 4.74 Å². The summed E-state index contributed by atoms with van der Waals surface area (Å²) >= 11 is 0. The zero-order chi connectivity index (χ0) is 12.8. The number of aryl methyl sites for hydroxylation is 1. The maximum Gasteiger partial charge on any atom is 0.235 e. The van der Waals surface area contributed by atoms with Gasteiger partial charge in [0.15, 0.2) is 0 Å². The van der Waals surface area contributed by atoms with Crippen molar-refractivity contribution >= 4 is 5.91 Å². The minimum Gasteiger partial charge on any atom is -0.493 e. The molecule has 0 fully saturated rings. The third kappa shape index (κ3) is 2.97. The van der Waals surface area contributed by atoms with E-state index in [-0.39, 0.29) is 5.91 Å². The molecule has 0 unspecified atom stereocenters. The lowest BCUT2D eigenvalue weighted by molar-refractivity contribution is 0.0881. The largest absolute Gasteiger partial charge is 0.493 e. The van der Waals surface area contributed by atoms with Gasteiger partial charge >= 0.3 is 0 Å². The van der Waals surface area contributed by atoms with Gasteiger partial charge in [0.25, 0.3) is 0 Å². The van der Waals surface area contributed by atoms with Gasteiger partial charge in [-0.1, -0.05) is 25.1 Å². The van der Waals surface area contributed by atoms with Crippen LogP contribution in [0.2, 0.25) is 0 Å². The van der Waals surface area contributed by atoms with E-state index in [1.165, 1.54) is 10.9 Å². The fourth-order valence-corrected chi connectivity index (χ4v) is 1.72. The van der Waals surface area contributed by atoms with Crippen molar-refractivity contribution < 1.29 is 9.53 Å². The van der Waals surface area contributed by atoms with Crippen molar-refractivity contribution in [3.05, 3.63) is 48.5 Å². The van der Waals surface area contributed by atoms with Crippen LogP contribution in [0.15, 0.2) is 43.0 Å². The van der Waals surface area contributed by atoms with Gasteiger partial charge in [-0.05, 0) is 18.1 Å². The quantitative estimate of drug-likeness (QED) is 0.812. The molecule has 0 saturated carbocycles. The molecule has 0 aliphatic heterocycles. The maximum atomic E-state index is 11.7. The van der Waals surface area contributed by atoms with E-state index >= 15 is 0 Å². The molecular weight excluding hydrogens is 228 g/mol. The molecule has 0 radical (unpaired) electrons. The van der Waals surface area contributed by atoms with Gasteiger partial charge in [0.2, 0.25) is 5.91 Å². The van der Waals surface area contributed by atoms with Crippen LogP contribution in [0.4, 0.5) is 0 Å². The number of carbonyl (C=O) groups excluding carboxylic acids is 1. The lowest BCUT2D eigenvalue weighted by Gasteiger charge is -2.09. The molecule has 4 heteroatoms. The predicted octanol–water partition coefficient (Wildman–Crippen LogP) is 2.55. The van der Waals surface area contributed by atoms with Crippen LogP contribution in [-0.4, -0.2) is 22.1 Å². The van der Waals surface area contributed by atoms with E-state index in [1.807, 2.05) is 24.3 Å². The highest BCUT2D eigenvalue weighted by molar-refractivity contribution is 5.78. The average molecular weight is 244 g/mol. The molecule has 1 heterocycles. The number of aromatic nitrogens is 2. The first-order valence-electron chi connectivity index (χ1n) is 6.03. The molecular formula is C14H16N2O2. The second kappa shape index (κ2) is 6.00. The summed E-state index contributed by atoms with van der Waals surface area (Å²) in [5.41, 5.74) is 1.16. The molecule has 2 rings (SSSR count). The first kappa shape index (κ1) is 12.4. The van der Waals surface area contributed by atoms with E-state index in [0.717, 1.165) is 17.7 Å². The summed E-state index contributed by atoms with van der Waals surface area (Å²) in [6.07, 6.45) is 6.00. The molecule has 1 aromatic carbocycles. The standard InChI is InChI=1S/C14H16N2O2/c1-2-12-5-3-4-6-13(12)18-10-7-14(17)16-9-8-15-11-16/h3-6,8-9,11H,2,7,10H2,1H3. The van der Waals surface area contributed by atoms with Crippen LogP contribution in [0.3, 0.4) is 0 Å². The molecule has 0 aliphatic carbocycles. The zero-order valence-electron chi connectivity index (χ0n) is 10.4. The number of hydrogen-bond acceptors (Lipinski definition) is 3. The van der Waals surface area contributed by atoms with Crippen molar-refractivity contribution in [1.82, 2.24) is 9.55 Å². The molecule has 18 heavy (non-hydrogen) atoms. The van der Waals surface area contributed by atoms with Crippen molar-refractivity contribution in [1.29, 1.82) is 0 Å². The molecule has 0 saturated heterocycles. The normalized spacial score (nSPS) is 10.3. The van der Waals surface area contributed by atoms with Gasteiger partial charge in [-0.3, -0.25) is 9.36 Å². The average Bonchev–Trinajstić information content (AvgIpc) is 2.93. The number of benzene rings is 1. The summed E-state index contributed by atoms with van der Waals surface area (Å²) in [4.78, 5) is 15.5. The number of nitrogens with zero attached hydrogens (tertiary/aromatic N) is 2. The smallest absolute Gasteiger partial charge is 0.235 e. The Kier molecular flexibility index (Phi) is 4.12. The second-order valence-corrected chi connectivity index (χ2v) is 3.92. The summed E-state index contributed by atoms with van der Waals surface area (Å²) in [6.45, 7) is 2.47. The Bertz CT molecular complexity index is 506. The highest BCUT2D eigenvalue weighted by Gasteiger charge is 2.05. The van der Waals surface area contributed by atoms with Crippen LogP contribution in [0.25, 0.3) is 0 Å². The molecule has 0 bridgehead atoms. The van der Waals surface area contributed by atoms with Crippen LogP contribution in [0, 0.1) is 0 Å². The van der Waals surface area contributed by atoms with Gasteiger partial charge in [-0.25, -0.2) is 4.98 Å². The van der Waals surface area contributed by atoms with Crippen molar-refractivity contribution in [3.8, 4) is 5.75 Å². The van der Waals surface area contributed by atoms with E-state index in [1.54, 1.807) is 12.4 Å². The number of carbonyl (C=O) groups is 1. The lowest BCUT2D eigenvalue weighted by Crippen LogP contribution is -2.13. The molecule has 0 atom stereocenters. The Balaban J connectivity index is 1.87. The molecule has 0 N–H and O–H groups in total. The van der Waals surface area contributed by atoms with Gasteiger partial charge in [-0.2, -0.15) is 0 Å². The molecule has 4 nitrogen and oxygen atoms in total. The number of rotatable bonds is 5. The summed E-state index contributed by atoms with van der Waals surface area (Å²) in [6, 6.07) is 7.89. The van der Waals surface area contributed by atoms with Gasteiger partial charge in [0.05, 0.1) is 13.0 Å². The van der Waals surface area contributed by atoms with Gasteiger partial charge in [0.1, 0.15) is 12.1 Å². The third-order valence-corrected chi connectivity index (χ3v) is 2.72. The highest BCUT2D eigenvalue weighted by Crippen LogP contribution is 2.18. The monoisotopic (exact) mass is 244 g/mol. The molecule has 1 aromatic heterocycles. The Hall–Kier alpha value is -2.10. The minimum atomic E-state index is -0.0125. The Morgan fingerprint density at radius 2 is 2.22 bits per heavy atom. The van der Waals surface area contributed by atoms with Crippen molar-refractivity contribution in [2.45, 2.75) is 19.8 Å². The van der Waals surface area contributed by atoms with Crippen LogP contribution in [-0.2, 0) is 6.42 Å². The van der Waals surface area contributed by atoms with E-state index in [2.05, 4.69) is 11.9 Å².